The number of amides is 2. The number of benzene rings is 2. The summed E-state index contributed by atoms with van der Waals surface area (Å²) >= 11 is 0. The molecule has 2 aromatic carbocycles. The lowest BCUT2D eigenvalue weighted by molar-refractivity contribution is -0.124. The van der Waals surface area contributed by atoms with Gasteiger partial charge in [-0.3, -0.25) is 9.59 Å². The first-order chi connectivity index (χ1) is 11.1. The summed E-state index contributed by atoms with van der Waals surface area (Å²) in [6.45, 7) is 1.86. The van der Waals surface area contributed by atoms with Gasteiger partial charge in [0.2, 0.25) is 11.8 Å². The summed E-state index contributed by atoms with van der Waals surface area (Å²) in [6.07, 6.45) is 3.13. The third-order valence-electron chi connectivity index (χ3n) is 3.33. The Morgan fingerprint density at radius 3 is 2.26 bits per heavy atom. The minimum absolute atomic E-state index is 0.0465. The predicted octanol–water partition coefficient (Wildman–Crippen LogP) is 2.69. The average Bonchev–Trinajstić information content (AvgIpc) is 2.60. The second kappa shape index (κ2) is 8.54. The van der Waals surface area contributed by atoms with Gasteiger partial charge in [-0.15, -0.1) is 0 Å². The Morgan fingerprint density at radius 1 is 1.00 bits per heavy atom. The number of hydrogen-bond donors (Lipinski definition) is 2. The predicted molar refractivity (Wildman–Crippen MR) is 91.5 cm³/mol. The van der Waals surface area contributed by atoms with Crippen molar-refractivity contribution in [2.75, 3.05) is 6.54 Å². The van der Waals surface area contributed by atoms with E-state index in [1.165, 1.54) is 6.08 Å². The Balaban J connectivity index is 1.76. The van der Waals surface area contributed by atoms with Crippen LogP contribution in [-0.2, 0) is 9.59 Å². The fourth-order valence-corrected chi connectivity index (χ4v) is 2.08. The van der Waals surface area contributed by atoms with Crippen LogP contribution in [0.1, 0.15) is 24.1 Å². The van der Waals surface area contributed by atoms with Gasteiger partial charge in [0.25, 0.3) is 0 Å². The van der Waals surface area contributed by atoms with Crippen LogP contribution in [0.5, 0.6) is 0 Å². The standard InChI is InChI=1S/C19H20N2O2/c1-15(17-10-6-3-7-11-17)21-19(23)14-20-18(22)13-12-16-8-4-2-5-9-16/h2-13,15H,14H2,1H3,(H,20,22)(H,21,23)/b13-12+/t15-/m1/s1. The van der Waals surface area contributed by atoms with Gasteiger partial charge in [0.1, 0.15) is 0 Å². The highest BCUT2D eigenvalue weighted by molar-refractivity contribution is 5.94. The molecule has 0 saturated heterocycles. The Morgan fingerprint density at radius 2 is 1.61 bits per heavy atom. The van der Waals surface area contributed by atoms with Crippen molar-refractivity contribution in [3.63, 3.8) is 0 Å². The molecule has 2 amide bonds. The molecule has 0 fully saturated rings. The van der Waals surface area contributed by atoms with E-state index in [0.29, 0.717) is 0 Å². The van der Waals surface area contributed by atoms with Gasteiger partial charge >= 0.3 is 0 Å². The van der Waals surface area contributed by atoms with Crippen molar-refractivity contribution in [2.24, 2.45) is 0 Å². The minimum Gasteiger partial charge on any atom is -0.348 e. The topological polar surface area (TPSA) is 58.2 Å². The maximum Gasteiger partial charge on any atom is 0.244 e. The number of hydrogen-bond acceptors (Lipinski definition) is 2. The summed E-state index contributed by atoms with van der Waals surface area (Å²) in [5.41, 5.74) is 1.96. The maximum atomic E-state index is 11.9. The lowest BCUT2D eigenvalue weighted by atomic mass is 10.1. The zero-order valence-corrected chi connectivity index (χ0v) is 13.0. The molecule has 0 aliphatic heterocycles. The largest absolute Gasteiger partial charge is 0.348 e. The third kappa shape index (κ3) is 5.79. The number of carbonyl (C=O) groups excluding carboxylic acids is 2. The molecule has 118 valence electrons. The zero-order chi connectivity index (χ0) is 16.5. The molecule has 2 rings (SSSR count). The highest BCUT2D eigenvalue weighted by Gasteiger charge is 2.09. The van der Waals surface area contributed by atoms with Gasteiger partial charge < -0.3 is 10.6 Å². The van der Waals surface area contributed by atoms with Crippen LogP contribution in [0.4, 0.5) is 0 Å². The van der Waals surface area contributed by atoms with Crippen molar-refractivity contribution in [1.29, 1.82) is 0 Å². The lowest BCUT2D eigenvalue weighted by Gasteiger charge is -2.14. The molecule has 4 nitrogen and oxygen atoms in total. The Labute approximate surface area is 136 Å². The van der Waals surface area contributed by atoms with Crippen LogP contribution in [0.3, 0.4) is 0 Å². The molecule has 23 heavy (non-hydrogen) atoms. The normalized spacial score (nSPS) is 11.9. The second-order valence-electron chi connectivity index (χ2n) is 5.16. The monoisotopic (exact) mass is 308 g/mol. The molecule has 0 heterocycles. The molecule has 2 aromatic rings. The van der Waals surface area contributed by atoms with Crippen LogP contribution in [0, 0.1) is 0 Å². The fraction of sp³-hybridized carbons (Fsp3) is 0.158. The van der Waals surface area contributed by atoms with Gasteiger partial charge in [0.05, 0.1) is 12.6 Å². The molecule has 0 aliphatic rings. The van der Waals surface area contributed by atoms with Crippen molar-refractivity contribution in [1.82, 2.24) is 10.6 Å². The maximum absolute atomic E-state index is 11.9. The van der Waals surface area contributed by atoms with Crippen LogP contribution >= 0.6 is 0 Å². The van der Waals surface area contributed by atoms with Crippen molar-refractivity contribution in [3.05, 3.63) is 77.9 Å². The molecule has 0 radical (unpaired) electrons. The summed E-state index contributed by atoms with van der Waals surface area (Å²) in [5, 5.41) is 5.42. The molecule has 0 spiro atoms. The van der Waals surface area contributed by atoms with E-state index in [1.54, 1.807) is 6.08 Å². The summed E-state index contributed by atoms with van der Waals surface area (Å²) in [6, 6.07) is 19.1. The highest BCUT2D eigenvalue weighted by Crippen LogP contribution is 2.10. The van der Waals surface area contributed by atoms with E-state index in [0.717, 1.165) is 11.1 Å². The molecular weight excluding hydrogens is 288 g/mol. The van der Waals surface area contributed by atoms with Gasteiger partial charge in [0, 0.05) is 6.08 Å². The SMILES string of the molecule is C[C@@H](NC(=O)CNC(=O)/C=C/c1ccccc1)c1ccccc1. The summed E-state index contributed by atoms with van der Waals surface area (Å²) in [5.74, 6) is -0.515. The van der Waals surface area contributed by atoms with E-state index in [1.807, 2.05) is 67.6 Å². The van der Waals surface area contributed by atoms with E-state index < -0.39 is 0 Å². The molecular formula is C19H20N2O2. The average molecular weight is 308 g/mol. The van der Waals surface area contributed by atoms with Crippen LogP contribution in [0.15, 0.2) is 66.7 Å². The quantitative estimate of drug-likeness (QED) is 0.806. The van der Waals surface area contributed by atoms with Crippen molar-refractivity contribution >= 4 is 17.9 Å². The van der Waals surface area contributed by atoms with Crippen molar-refractivity contribution in [3.8, 4) is 0 Å². The van der Waals surface area contributed by atoms with Gasteiger partial charge in [0.15, 0.2) is 0 Å². The van der Waals surface area contributed by atoms with E-state index >= 15 is 0 Å². The molecule has 4 heteroatoms. The van der Waals surface area contributed by atoms with Gasteiger partial charge in [-0.05, 0) is 24.1 Å². The molecule has 2 N–H and O–H groups in total. The Bertz CT molecular complexity index is 666. The van der Waals surface area contributed by atoms with Crippen LogP contribution in [0.25, 0.3) is 6.08 Å². The van der Waals surface area contributed by atoms with E-state index in [-0.39, 0.29) is 24.4 Å². The van der Waals surface area contributed by atoms with Crippen molar-refractivity contribution < 1.29 is 9.59 Å². The van der Waals surface area contributed by atoms with Gasteiger partial charge in [-0.1, -0.05) is 60.7 Å². The van der Waals surface area contributed by atoms with Crippen LogP contribution in [0.2, 0.25) is 0 Å². The third-order valence-corrected chi connectivity index (χ3v) is 3.33. The van der Waals surface area contributed by atoms with E-state index in [2.05, 4.69) is 10.6 Å². The number of nitrogens with one attached hydrogen (secondary N) is 2. The molecule has 0 saturated carbocycles. The number of carbonyl (C=O) groups is 2. The van der Waals surface area contributed by atoms with Crippen molar-refractivity contribution in [2.45, 2.75) is 13.0 Å². The van der Waals surface area contributed by atoms with E-state index in [4.69, 9.17) is 0 Å². The lowest BCUT2D eigenvalue weighted by Crippen LogP contribution is -2.37. The zero-order valence-electron chi connectivity index (χ0n) is 13.0. The summed E-state index contributed by atoms with van der Waals surface area (Å²) < 4.78 is 0. The first-order valence-electron chi connectivity index (χ1n) is 7.50. The molecule has 0 bridgehead atoms. The first-order valence-corrected chi connectivity index (χ1v) is 7.50. The summed E-state index contributed by atoms with van der Waals surface area (Å²) in [7, 11) is 0. The summed E-state index contributed by atoms with van der Waals surface area (Å²) in [4.78, 5) is 23.6. The highest BCUT2D eigenvalue weighted by atomic mass is 16.2. The molecule has 0 aliphatic carbocycles. The first kappa shape index (κ1) is 16.5. The Hall–Kier alpha value is -2.88. The van der Waals surface area contributed by atoms with E-state index in [9.17, 15) is 9.59 Å². The smallest absolute Gasteiger partial charge is 0.244 e. The molecule has 0 aromatic heterocycles. The fourth-order valence-electron chi connectivity index (χ4n) is 2.08. The van der Waals surface area contributed by atoms with Gasteiger partial charge in [-0.2, -0.15) is 0 Å². The minimum atomic E-state index is -0.295. The second-order valence-corrected chi connectivity index (χ2v) is 5.16. The van der Waals surface area contributed by atoms with Gasteiger partial charge in [-0.25, -0.2) is 0 Å². The molecule has 1 atom stereocenters. The van der Waals surface area contributed by atoms with Crippen LogP contribution < -0.4 is 10.6 Å². The number of rotatable bonds is 6. The Kier molecular flexibility index (Phi) is 6.12. The van der Waals surface area contributed by atoms with Crippen LogP contribution in [-0.4, -0.2) is 18.4 Å². The molecule has 0 unspecified atom stereocenters.